The minimum Gasteiger partial charge on any atom is -0.357 e. The minimum absolute atomic E-state index is 0.0798. The smallest absolute Gasteiger partial charge is 0.133 e. The van der Waals surface area contributed by atoms with Gasteiger partial charge in [0, 0.05) is 23.9 Å². The highest BCUT2D eigenvalue weighted by Gasteiger charge is 2.29. The van der Waals surface area contributed by atoms with Gasteiger partial charge < -0.3 is 10.2 Å². The molecule has 5 nitrogen and oxygen atoms in total. The van der Waals surface area contributed by atoms with Crippen molar-refractivity contribution in [1.82, 2.24) is 9.88 Å². The van der Waals surface area contributed by atoms with Crippen molar-refractivity contribution in [3.05, 3.63) is 42.4 Å². The van der Waals surface area contributed by atoms with Gasteiger partial charge in [-0.3, -0.25) is 4.99 Å². The Morgan fingerprint density at radius 3 is 3.04 bits per heavy atom. The fourth-order valence-corrected chi connectivity index (χ4v) is 4.19. The molecule has 1 aromatic rings. The van der Waals surface area contributed by atoms with E-state index in [9.17, 15) is 4.39 Å². The average Bonchev–Trinajstić information content (AvgIpc) is 3.10. The highest BCUT2D eigenvalue weighted by atomic mass is 32.2. The number of likely N-dealkylation sites (tertiary alicyclic amines) is 1. The molecule has 28 heavy (non-hydrogen) atoms. The van der Waals surface area contributed by atoms with Gasteiger partial charge in [0.15, 0.2) is 0 Å². The Morgan fingerprint density at radius 2 is 2.36 bits per heavy atom. The van der Waals surface area contributed by atoms with E-state index >= 15 is 0 Å². The van der Waals surface area contributed by atoms with Crippen LogP contribution in [-0.4, -0.2) is 52.2 Å². The van der Waals surface area contributed by atoms with Gasteiger partial charge in [0.2, 0.25) is 0 Å². The van der Waals surface area contributed by atoms with Crippen molar-refractivity contribution in [3.63, 3.8) is 0 Å². The van der Waals surface area contributed by atoms with Crippen molar-refractivity contribution < 1.29 is 4.39 Å². The summed E-state index contributed by atoms with van der Waals surface area (Å²) in [4.78, 5) is 15.7. The van der Waals surface area contributed by atoms with Crippen LogP contribution in [0.5, 0.6) is 0 Å². The van der Waals surface area contributed by atoms with Crippen LogP contribution in [0.25, 0.3) is 0 Å². The third-order valence-corrected chi connectivity index (χ3v) is 6.24. The highest BCUT2D eigenvalue weighted by molar-refractivity contribution is 7.99. The summed E-state index contributed by atoms with van der Waals surface area (Å²) in [6.45, 7) is 9.01. The Morgan fingerprint density at radius 1 is 1.54 bits per heavy atom. The lowest BCUT2D eigenvalue weighted by Crippen LogP contribution is -2.45. The summed E-state index contributed by atoms with van der Waals surface area (Å²) in [5, 5.41) is 3.34. The molecule has 0 spiro atoms. The molecular weight excluding hydrogens is 373 g/mol. The van der Waals surface area contributed by atoms with Gasteiger partial charge >= 0.3 is 0 Å². The van der Waals surface area contributed by atoms with Crippen molar-refractivity contribution in [2.45, 2.75) is 44.5 Å². The van der Waals surface area contributed by atoms with Gasteiger partial charge in [-0.05, 0) is 43.7 Å². The van der Waals surface area contributed by atoms with E-state index in [2.05, 4.69) is 33.8 Å². The molecule has 7 heteroatoms. The largest absolute Gasteiger partial charge is 0.357 e. The van der Waals surface area contributed by atoms with Crippen molar-refractivity contribution in [3.8, 4) is 0 Å². The first-order valence-corrected chi connectivity index (χ1v) is 10.9. The van der Waals surface area contributed by atoms with Crippen LogP contribution >= 0.6 is 11.8 Å². The summed E-state index contributed by atoms with van der Waals surface area (Å²) in [5.41, 5.74) is 3.30. The first-order valence-electron chi connectivity index (χ1n) is 9.66. The number of aromatic nitrogens is 1. The standard InChI is InChI=1S/C21H28FN5S/c1-5-7-20(24-14(3)27-9-8-19(28-4)17(22)13-27)26-21-11-15-10-16(6-2)25-18(15)12-23-21/h5,7,11-12,17,19H,1,6,8-10,13H2,2-4H3,(H,23,26)/b20-7+,24-14?. The first-order chi connectivity index (χ1) is 13.5. The van der Waals surface area contributed by atoms with Crippen LogP contribution in [0, 0.1) is 0 Å². The van der Waals surface area contributed by atoms with Gasteiger partial charge in [0.05, 0.1) is 18.4 Å². The summed E-state index contributed by atoms with van der Waals surface area (Å²) in [5.74, 6) is 2.15. The third kappa shape index (κ3) is 4.82. The molecule has 1 saturated heterocycles. The quantitative estimate of drug-likeness (QED) is 0.424. The van der Waals surface area contributed by atoms with Crippen LogP contribution in [0.2, 0.25) is 0 Å². The highest BCUT2D eigenvalue weighted by Crippen LogP contribution is 2.29. The van der Waals surface area contributed by atoms with Gasteiger partial charge in [-0.25, -0.2) is 14.4 Å². The Balaban J connectivity index is 1.70. The van der Waals surface area contributed by atoms with Crippen LogP contribution < -0.4 is 5.32 Å². The zero-order valence-corrected chi connectivity index (χ0v) is 17.6. The molecule has 1 fully saturated rings. The molecule has 0 aromatic carbocycles. The molecule has 0 saturated carbocycles. The van der Waals surface area contributed by atoms with E-state index < -0.39 is 6.17 Å². The molecule has 0 radical (unpaired) electrons. The van der Waals surface area contributed by atoms with Crippen LogP contribution in [0.4, 0.5) is 15.9 Å². The summed E-state index contributed by atoms with van der Waals surface area (Å²) in [6, 6.07) is 2.02. The maximum absolute atomic E-state index is 14.3. The van der Waals surface area contributed by atoms with Crippen molar-refractivity contribution in [1.29, 1.82) is 0 Å². The number of hydrogen-bond acceptors (Lipinski definition) is 5. The summed E-state index contributed by atoms with van der Waals surface area (Å²) >= 11 is 1.61. The molecule has 0 bridgehead atoms. The number of amidine groups is 1. The molecule has 2 aliphatic rings. The Hall–Kier alpha value is -2.15. The number of nitrogens with zero attached hydrogens (tertiary/aromatic N) is 4. The second kappa shape index (κ2) is 9.37. The second-order valence-electron chi connectivity index (χ2n) is 7.00. The molecule has 0 aliphatic carbocycles. The van der Waals surface area contributed by atoms with E-state index in [0.717, 1.165) is 43.1 Å². The molecule has 0 amide bonds. The Labute approximate surface area is 170 Å². The zero-order valence-electron chi connectivity index (χ0n) is 16.8. The van der Waals surface area contributed by atoms with Gasteiger partial charge in [-0.15, -0.1) is 0 Å². The van der Waals surface area contributed by atoms with Gasteiger partial charge in [-0.1, -0.05) is 19.6 Å². The van der Waals surface area contributed by atoms with Crippen LogP contribution in [0.15, 0.2) is 46.8 Å². The van der Waals surface area contributed by atoms with Crippen LogP contribution in [-0.2, 0) is 6.42 Å². The lowest BCUT2D eigenvalue weighted by molar-refractivity contribution is 0.203. The summed E-state index contributed by atoms with van der Waals surface area (Å²) in [7, 11) is 0. The predicted octanol–water partition coefficient (Wildman–Crippen LogP) is 4.75. The van der Waals surface area contributed by atoms with Gasteiger partial charge in [0.1, 0.15) is 23.6 Å². The monoisotopic (exact) mass is 401 g/mol. The fraction of sp³-hybridized carbons (Fsp3) is 0.476. The van der Waals surface area contributed by atoms with Gasteiger partial charge in [0.25, 0.3) is 0 Å². The zero-order chi connectivity index (χ0) is 20.1. The van der Waals surface area contributed by atoms with E-state index in [1.165, 1.54) is 11.3 Å². The minimum atomic E-state index is -0.833. The molecular formula is C21H28FN5S. The average molecular weight is 402 g/mol. The molecule has 3 rings (SSSR count). The van der Waals surface area contributed by atoms with Crippen LogP contribution in [0.1, 0.15) is 32.3 Å². The van der Waals surface area contributed by atoms with Crippen molar-refractivity contribution in [2.24, 2.45) is 9.98 Å². The first kappa shape index (κ1) is 20.6. The van der Waals surface area contributed by atoms with Crippen LogP contribution in [0.3, 0.4) is 0 Å². The van der Waals surface area contributed by atoms with E-state index in [4.69, 9.17) is 0 Å². The van der Waals surface area contributed by atoms with Crippen molar-refractivity contribution in [2.75, 3.05) is 24.7 Å². The Kier molecular flexibility index (Phi) is 6.88. The number of halogens is 1. The third-order valence-electron chi connectivity index (χ3n) is 5.10. The lowest BCUT2D eigenvalue weighted by Gasteiger charge is -2.35. The second-order valence-corrected chi connectivity index (χ2v) is 8.08. The normalized spacial score (nSPS) is 22.7. The predicted molar refractivity (Wildman–Crippen MR) is 119 cm³/mol. The summed E-state index contributed by atoms with van der Waals surface area (Å²) in [6.07, 6.45) is 9.06. The SMILES string of the molecule is C=C/C=C(\N=C(C)N1CCC(SC)C(F)C1)Nc1cc2c(cn1)N=C(CC)C2. The number of anilines is 1. The van der Waals surface area contributed by atoms with E-state index in [1.54, 1.807) is 30.1 Å². The number of rotatable bonds is 6. The number of allylic oxidation sites excluding steroid dienone is 2. The molecule has 1 N–H and O–H groups in total. The number of alkyl halides is 1. The van der Waals surface area contributed by atoms with Crippen molar-refractivity contribution >= 4 is 34.8 Å². The maximum Gasteiger partial charge on any atom is 0.133 e. The Bertz CT molecular complexity index is 817. The molecule has 2 aliphatic heterocycles. The number of hydrogen-bond donors (Lipinski definition) is 1. The molecule has 2 unspecified atom stereocenters. The van der Waals surface area contributed by atoms with E-state index in [-0.39, 0.29) is 5.25 Å². The molecule has 1 aromatic heterocycles. The topological polar surface area (TPSA) is 52.9 Å². The number of aliphatic imine (C=N–C) groups is 2. The number of piperidine rings is 1. The van der Waals surface area contributed by atoms with E-state index in [0.29, 0.717) is 12.4 Å². The van der Waals surface area contributed by atoms with E-state index in [1.807, 2.05) is 24.1 Å². The van der Waals surface area contributed by atoms with Gasteiger partial charge in [-0.2, -0.15) is 11.8 Å². The maximum atomic E-state index is 14.3. The summed E-state index contributed by atoms with van der Waals surface area (Å²) < 4.78 is 14.3. The fourth-order valence-electron chi connectivity index (χ4n) is 3.47. The molecule has 150 valence electrons. The number of nitrogens with one attached hydrogen (secondary N) is 1. The molecule has 3 heterocycles. The number of pyridine rings is 1. The number of fused-ring (bicyclic) bond motifs is 1. The lowest BCUT2D eigenvalue weighted by atomic mass is 10.1. The number of thioether (sulfide) groups is 1. The molecule has 2 atom stereocenters.